The minimum Gasteiger partial charge on any atom is -0.225 e. The van der Waals surface area contributed by atoms with Crippen LogP contribution in [-0.4, -0.2) is 23.4 Å². The molecule has 7 nitrogen and oxygen atoms in total. The van der Waals surface area contributed by atoms with Gasteiger partial charge in [-0.15, -0.1) is 0 Å². The number of nitrogens with two attached hydrogens (primary N) is 1. The predicted octanol–water partition coefficient (Wildman–Crippen LogP) is -0.722. The number of hydrogen-bond donors (Lipinski definition) is 3. The summed E-state index contributed by atoms with van der Waals surface area (Å²) in [5.41, 5.74) is 0.629. The van der Waals surface area contributed by atoms with E-state index in [1.807, 2.05) is 0 Å². The van der Waals surface area contributed by atoms with Crippen LogP contribution >= 0.6 is 0 Å². The molecule has 1 rings (SSSR count). The van der Waals surface area contributed by atoms with Crippen molar-refractivity contribution in [3.63, 3.8) is 0 Å². The van der Waals surface area contributed by atoms with Crippen molar-refractivity contribution in [3.05, 3.63) is 29.8 Å². The van der Waals surface area contributed by atoms with Gasteiger partial charge < -0.3 is 0 Å². The zero-order valence-electron chi connectivity index (χ0n) is 9.75. The van der Waals surface area contributed by atoms with E-state index in [1.165, 1.54) is 24.3 Å². The summed E-state index contributed by atoms with van der Waals surface area (Å²) in [6, 6.07) is 5.64. The smallest absolute Gasteiger partial charge is 0.225 e. The van der Waals surface area contributed by atoms with E-state index in [9.17, 15) is 16.8 Å². The fraction of sp³-hybridized carbons (Fsp3) is 0.333. The first-order valence-electron chi connectivity index (χ1n) is 5.10. The molecule has 0 saturated carbocycles. The van der Waals surface area contributed by atoms with Crippen LogP contribution in [0.3, 0.4) is 0 Å². The molecule has 0 aliphatic rings. The fourth-order valence-corrected chi connectivity index (χ4v) is 2.57. The zero-order chi connectivity index (χ0) is 13.8. The summed E-state index contributed by atoms with van der Waals surface area (Å²) in [6.45, 7) is 2.03. The third kappa shape index (κ3) is 4.70. The standard InChI is InChI=1S/C9H15N3O4S2/c1-2-11-18(15,16)12-7-8-3-5-9(6-4-8)17(10,13)14/h3-6,11-12H,2,7H2,1H3,(H2,10,13,14). The first-order valence-corrected chi connectivity index (χ1v) is 8.13. The van der Waals surface area contributed by atoms with Crippen LogP contribution in [0.5, 0.6) is 0 Å². The van der Waals surface area contributed by atoms with Crippen molar-refractivity contribution in [3.8, 4) is 0 Å². The Hall–Kier alpha value is -1.00. The quantitative estimate of drug-likeness (QED) is 0.641. The number of primary sulfonamides is 1. The molecule has 1 aromatic rings. The summed E-state index contributed by atoms with van der Waals surface area (Å²) in [5, 5.41) is 4.94. The second-order valence-corrected chi connectivity index (χ2v) is 6.66. The lowest BCUT2D eigenvalue weighted by molar-refractivity contribution is 0.568. The van der Waals surface area contributed by atoms with E-state index < -0.39 is 20.2 Å². The van der Waals surface area contributed by atoms with Crippen molar-refractivity contribution in [1.29, 1.82) is 0 Å². The van der Waals surface area contributed by atoms with Crippen molar-refractivity contribution in [2.24, 2.45) is 5.14 Å². The summed E-state index contributed by atoms with van der Waals surface area (Å²) in [5.74, 6) is 0. The topological polar surface area (TPSA) is 118 Å². The van der Waals surface area contributed by atoms with Crippen molar-refractivity contribution in [2.45, 2.75) is 18.4 Å². The maximum Gasteiger partial charge on any atom is 0.277 e. The van der Waals surface area contributed by atoms with Crippen LogP contribution in [0.25, 0.3) is 0 Å². The molecule has 0 aromatic heterocycles. The molecule has 0 fully saturated rings. The number of nitrogens with one attached hydrogen (secondary N) is 2. The Morgan fingerprint density at radius 3 is 2.06 bits per heavy atom. The van der Waals surface area contributed by atoms with E-state index >= 15 is 0 Å². The molecule has 0 aliphatic heterocycles. The Balaban J connectivity index is 2.71. The van der Waals surface area contributed by atoms with E-state index in [0.29, 0.717) is 12.1 Å². The van der Waals surface area contributed by atoms with E-state index in [0.717, 1.165) is 0 Å². The molecule has 0 atom stereocenters. The molecule has 102 valence electrons. The average Bonchev–Trinajstić information content (AvgIpc) is 2.26. The highest BCUT2D eigenvalue weighted by Gasteiger charge is 2.09. The Morgan fingerprint density at radius 2 is 1.61 bits per heavy atom. The van der Waals surface area contributed by atoms with Gasteiger partial charge in [0.25, 0.3) is 10.2 Å². The van der Waals surface area contributed by atoms with Crippen LogP contribution in [0.2, 0.25) is 0 Å². The van der Waals surface area contributed by atoms with Crippen molar-refractivity contribution in [2.75, 3.05) is 6.54 Å². The summed E-state index contributed by atoms with van der Waals surface area (Å²) in [7, 11) is -7.23. The molecule has 0 spiro atoms. The third-order valence-electron chi connectivity index (χ3n) is 2.05. The molecule has 0 aliphatic carbocycles. The van der Waals surface area contributed by atoms with Gasteiger partial charge in [-0.1, -0.05) is 19.1 Å². The fourth-order valence-electron chi connectivity index (χ4n) is 1.22. The van der Waals surface area contributed by atoms with Gasteiger partial charge in [0.2, 0.25) is 10.0 Å². The van der Waals surface area contributed by atoms with Gasteiger partial charge in [-0.05, 0) is 17.7 Å². The monoisotopic (exact) mass is 293 g/mol. The highest BCUT2D eigenvalue weighted by molar-refractivity contribution is 7.89. The summed E-state index contributed by atoms with van der Waals surface area (Å²) in [6.07, 6.45) is 0. The molecule has 0 saturated heterocycles. The minimum atomic E-state index is -3.72. The summed E-state index contributed by atoms with van der Waals surface area (Å²) >= 11 is 0. The predicted molar refractivity (Wildman–Crippen MR) is 67.3 cm³/mol. The molecule has 0 heterocycles. The second-order valence-electron chi connectivity index (χ2n) is 3.51. The lowest BCUT2D eigenvalue weighted by atomic mass is 10.2. The molecule has 18 heavy (non-hydrogen) atoms. The van der Waals surface area contributed by atoms with E-state index in [-0.39, 0.29) is 11.4 Å². The van der Waals surface area contributed by atoms with E-state index in [1.54, 1.807) is 6.92 Å². The lowest BCUT2D eigenvalue weighted by Crippen LogP contribution is -2.35. The second kappa shape index (κ2) is 5.76. The molecular weight excluding hydrogens is 278 g/mol. The average molecular weight is 293 g/mol. The molecule has 9 heteroatoms. The van der Waals surface area contributed by atoms with Crippen LogP contribution in [0, 0.1) is 0 Å². The minimum absolute atomic E-state index is 0.0132. The van der Waals surface area contributed by atoms with Crippen molar-refractivity contribution >= 4 is 20.2 Å². The zero-order valence-corrected chi connectivity index (χ0v) is 11.4. The van der Waals surface area contributed by atoms with Gasteiger partial charge in [-0.2, -0.15) is 13.1 Å². The van der Waals surface area contributed by atoms with Crippen molar-refractivity contribution < 1.29 is 16.8 Å². The Labute approximate surface area is 107 Å². The highest BCUT2D eigenvalue weighted by Crippen LogP contribution is 2.08. The third-order valence-corrected chi connectivity index (χ3v) is 4.17. The van der Waals surface area contributed by atoms with Gasteiger partial charge in [0.05, 0.1) is 4.90 Å². The highest BCUT2D eigenvalue weighted by atomic mass is 32.2. The lowest BCUT2D eigenvalue weighted by Gasteiger charge is -2.07. The Morgan fingerprint density at radius 1 is 1.06 bits per heavy atom. The number of rotatable bonds is 6. The summed E-state index contributed by atoms with van der Waals surface area (Å²) in [4.78, 5) is -0.0132. The maximum absolute atomic E-state index is 11.3. The Bertz CT molecular complexity index is 593. The van der Waals surface area contributed by atoms with Gasteiger partial charge in [0.1, 0.15) is 0 Å². The largest absolute Gasteiger partial charge is 0.277 e. The molecule has 0 radical (unpaired) electrons. The molecule has 4 N–H and O–H groups in total. The van der Waals surface area contributed by atoms with Crippen LogP contribution in [-0.2, 0) is 26.8 Å². The molecule has 0 unspecified atom stereocenters. The Kier molecular flexibility index (Phi) is 4.82. The van der Waals surface area contributed by atoms with Gasteiger partial charge in [-0.25, -0.2) is 18.3 Å². The van der Waals surface area contributed by atoms with E-state index in [2.05, 4.69) is 9.44 Å². The molecule has 0 bridgehead atoms. The van der Waals surface area contributed by atoms with Crippen LogP contribution in [0.4, 0.5) is 0 Å². The SMILES string of the molecule is CCNS(=O)(=O)NCc1ccc(S(N)(=O)=O)cc1. The van der Waals surface area contributed by atoms with Crippen LogP contribution in [0.15, 0.2) is 29.2 Å². The number of benzene rings is 1. The molecule has 1 aromatic carbocycles. The van der Waals surface area contributed by atoms with E-state index in [4.69, 9.17) is 5.14 Å². The first-order chi connectivity index (χ1) is 8.24. The molecular formula is C9H15N3O4S2. The number of sulfonamides is 1. The number of hydrogen-bond acceptors (Lipinski definition) is 4. The van der Waals surface area contributed by atoms with Gasteiger partial charge >= 0.3 is 0 Å². The van der Waals surface area contributed by atoms with Gasteiger partial charge in [0.15, 0.2) is 0 Å². The van der Waals surface area contributed by atoms with Gasteiger partial charge in [0, 0.05) is 13.1 Å². The van der Waals surface area contributed by atoms with Crippen molar-refractivity contribution in [1.82, 2.24) is 9.44 Å². The molecule has 0 amide bonds. The first kappa shape index (κ1) is 15.1. The van der Waals surface area contributed by atoms with Crippen LogP contribution < -0.4 is 14.6 Å². The summed E-state index contributed by atoms with van der Waals surface area (Å²) < 4.78 is 49.2. The van der Waals surface area contributed by atoms with Crippen LogP contribution in [0.1, 0.15) is 12.5 Å². The maximum atomic E-state index is 11.3. The van der Waals surface area contributed by atoms with Gasteiger partial charge in [-0.3, -0.25) is 0 Å². The normalized spacial score (nSPS) is 12.6.